The predicted octanol–water partition coefficient (Wildman–Crippen LogP) is 2.99. The highest BCUT2D eigenvalue weighted by atomic mass is 35.5. The van der Waals surface area contributed by atoms with Crippen LogP contribution >= 0.6 is 11.6 Å². The van der Waals surface area contributed by atoms with Crippen LogP contribution in [0.2, 0.25) is 5.15 Å². The van der Waals surface area contributed by atoms with E-state index in [4.69, 9.17) is 21.1 Å². The van der Waals surface area contributed by atoms with E-state index in [2.05, 4.69) is 9.97 Å². The fourth-order valence-corrected chi connectivity index (χ4v) is 1.75. The lowest BCUT2D eigenvalue weighted by Gasteiger charge is -2.10. The van der Waals surface area contributed by atoms with Gasteiger partial charge in [-0.2, -0.15) is 4.98 Å². The second-order valence-corrected chi connectivity index (χ2v) is 4.24. The molecule has 2 rings (SSSR count). The molecule has 6 nitrogen and oxygen atoms in total. The van der Waals surface area contributed by atoms with E-state index in [0.29, 0.717) is 11.3 Å². The molecule has 0 saturated carbocycles. The molecule has 1 heterocycles. The summed E-state index contributed by atoms with van der Waals surface area (Å²) < 4.78 is 10.3. The number of methoxy groups -OCH3 is 1. The highest BCUT2D eigenvalue weighted by molar-refractivity contribution is 6.29. The maximum Gasteiger partial charge on any atom is 0.339 e. The molecule has 0 radical (unpaired) electrons. The average Bonchev–Trinajstić information content (AvgIpc) is 2.45. The van der Waals surface area contributed by atoms with E-state index < -0.39 is 5.97 Å². The van der Waals surface area contributed by atoms with Gasteiger partial charge in [-0.05, 0) is 6.07 Å². The van der Waals surface area contributed by atoms with Gasteiger partial charge in [0.15, 0.2) is 5.15 Å². The molecule has 0 aliphatic rings. The van der Waals surface area contributed by atoms with Crippen molar-refractivity contribution in [2.24, 2.45) is 0 Å². The first-order valence-electron chi connectivity index (χ1n) is 5.83. The summed E-state index contributed by atoms with van der Waals surface area (Å²) >= 11 is 5.73. The lowest BCUT2D eigenvalue weighted by atomic mass is 10.1. The standard InChI is InChI=1S/C14H11ClN2O4/c1-20-8-10(14(18)19)9-4-2-3-5-11(9)21-13-7-16-6-12(15)17-13/h2-8H,1H3,(H,18,19). The Morgan fingerprint density at radius 3 is 2.76 bits per heavy atom. The highest BCUT2D eigenvalue weighted by Gasteiger charge is 2.16. The number of carboxylic acids is 1. The molecule has 0 aliphatic heterocycles. The number of carboxylic acid groups (broad SMARTS) is 1. The molecule has 0 bridgehead atoms. The number of aromatic nitrogens is 2. The Labute approximate surface area is 125 Å². The van der Waals surface area contributed by atoms with Gasteiger partial charge in [-0.15, -0.1) is 0 Å². The molecule has 2 aromatic rings. The largest absolute Gasteiger partial charge is 0.503 e. The van der Waals surface area contributed by atoms with Crippen molar-refractivity contribution < 1.29 is 19.4 Å². The van der Waals surface area contributed by atoms with Crippen LogP contribution in [0.3, 0.4) is 0 Å². The Kier molecular flexibility index (Phi) is 4.73. The Bertz CT molecular complexity index is 688. The molecular formula is C14H11ClN2O4. The molecule has 0 aliphatic carbocycles. The molecule has 108 valence electrons. The minimum Gasteiger partial charge on any atom is -0.503 e. The number of para-hydroxylation sites is 1. The number of rotatable bonds is 5. The zero-order chi connectivity index (χ0) is 15.2. The summed E-state index contributed by atoms with van der Waals surface area (Å²) in [5.74, 6) is -0.665. The van der Waals surface area contributed by atoms with E-state index in [9.17, 15) is 9.90 Å². The van der Waals surface area contributed by atoms with Gasteiger partial charge in [-0.25, -0.2) is 4.79 Å². The van der Waals surface area contributed by atoms with E-state index in [1.54, 1.807) is 24.3 Å². The van der Waals surface area contributed by atoms with E-state index in [-0.39, 0.29) is 16.6 Å². The maximum absolute atomic E-state index is 11.3. The third-order valence-electron chi connectivity index (χ3n) is 2.44. The first kappa shape index (κ1) is 14.8. The smallest absolute Gasteiger partial charge is 0.339 e. The van der Waals surface area contributed by atoms with Gasteiger partial charge in [0.25, 0.3) is 0 Å². The number of benzene rings is 1. The summed E-state index contributed by atoms with van der Waals surface area (Å²) in [6.45, 7) is 0. The highest BCUT2D eigenvalue weighted by Crippen LogP contribution is 2.29. The second kappa shape index (κ2) is 6.71. The first-order valence-corrected chi connectivity index (χ1v) is 6.20. The Morgan fingerprint density at radius 2 is 2.10 bits per heavy atom. The molecule has 0 spiro atoms. The van der Waals surface area contributed by atoms with Crippen molar-refractivity contribution in [1.82, 2.24) is 9.97 Å². The Hall–Kier alpha value is -2.60. The molecule has 0 unspecified atom stereocenters. The minimum absolute atomic E-state index is 0.0388. The van der Waals surface area contributed by atoms with Crippen LogP contribution in [0, 0.1) is 0 Å². The lowest BCUT2D eigenvalue weighted by molar-refractivity contribution is -0.130. The molecule has 1 aromatic heterocycles. The van der Waals surface area contributed by atoms with Crippen LogP contribution in [-0.2, 0) is 9.53 Å². The van der Waals surface area contributed by atoms with Crippen LogP contribution in [-0.4, -0.2) is 28.2 Å². The first-order chi connectivity index (χ1) is 10.1. The SMILES string of the molecule is COC=C(C(=O)O)c1ccccc1Oc1cncc(Cl)n1. The van der Waals surface area contributed by atoms with E-state index in [1.165, 1.54) is 19.5 Å². The minimum atomic E-state index is -1.13. The fourth-order valence-electron chi connectivity index (χ4n) is 1.61. The Morgan fingerprint density at radius 1 is 1.33 bits per heavy atom. The summed E-state index contributed by atoms with van der Waals surface area (Å²) in [6.07, 6.45) is 3.88. The second-order valence-electron chi connectivity index (χ2n) is 3.85. The lowest BCUT2D eigenvalue weighted by Crippen LogP contribution is -2.02. The number of carbonyl (C=O) groups is 1. The molecule has 0 amide bonds. The van der Waals surface area contributed by atoms with Crippen molar-refractivity contribution in [3.63, 3.8) is 0 Å². The summed E-state index contributed by atoms with van der Waals surface area (Å²) in [4.78, 5) is 19.1. The van der Waals surface area contributed by atoms with Gasteiger partial charge < -0.3 is 14.6 Å². The quantitative estimate of drug-likeness (QED) is 0.675. The van der Waals surface area contributed by atoms with Gasteiger partial charge in [0, 0.05) is 5.56 Å². The molecular weight excluding hydrogens is 296 g/mol. The molecule has 0 atom stereocenters. The van der Waals surface area contributed by atoms with Crippen molar-refractivity contribution in [2.45, 2.75) is 0 Å². The number of aliphatic carboxylic acids is 1. The number of hydrogen-bond donors (Lipinski definition) is 1. The topological polar surface area (TPSA) is 81.5 Å². The van der Waals surface area contributed by atoms with Crippen LogP contribution in [0.25, 0.3) is 5.57 Å². The van der Waals surface area contributed by atoms with Gasteiger partial charge in [-0.3, -0.25) is 4.98 Å². The summed E-state index contributed by atoms with van der Waals surface area (Å²) in [6, 6.07) is 6.62. The van der Waals surface area contributed by atoms with Crippen LogP contribution in [0.1, 0.15) is 5.56 Å². The zero-order valence-electron chi connectivity index (χ0n) is 11.0. The van der Waals surface area contributed by atoms with E-state index >= 15 is 0 Å². The van der Waals surface area contributed by atoms with Crippen LogP contribution in [0.4, 0.5) is 0 Å². The van der Waals surface area contributed by atoms with E-state index in [1.807, 2.05) is 0 Å². The van der Waals surface area contributed by atoms with Crippen LogP contribution in [0.15, 0.2) is 42.9 Å². The third-order valence-corrected chi connectivity index (χ3v) is 2.62. The monoisotopic (exact) mass is 306 g/mol. The van der Waals surface area contributed by atoms with Gasteiger partial charge in [-0.1, -0.05) is 29.8 Å². The van der Waals surface area contributed by atoms with Gasteiger partial charge in [0.05, 0.1) is 25.8 Å². The normalized spacial score (nSPS) is 11.0. The molecule has 0 fully saturated rings. The fraction of sp³-hybridized carbons (Fsp3) is 0.0714. The summed E-state index contributed by atoms with van der Waals surface area (Å²) in [7, 11) is 1.37. The number of nitrogens with zero attached hydrogens (tertiary/aromatic N) is 2. The molecule has 1 aromatic carbocycles. The number of hydrogen-bond acceptors (Lipinski definition) is 5. The van der Waals surface area contributed by atoms with Gasteiger partial charge in [0.2, 0.25) is 5.88 Å². The molecule has 1 N–H and O–H groups in total. The summed E-state index contributed by atoms with van der Waals surface area (Å²) in [5, 5.41) is 9.42. The number of halogens is 1. The van der Waals surface area contributed by atoms with E-state index in [0.717, 1.165) is 6.26 Å². The zero-order valence-corrected chi connectivity index (χ0v) is 11.7. The Balaban J connectivity index is 2.41. The summed E-state index contributed by atoms with van der Waals surface area (Å²) in [5.41, 5.74) is 0.316. The molecule has 21 heavy (non-hydrogen) atoms. The average molecular weight is 307 g/mol. The third kappa shape index (κ3) is 3.70. The van der Waals surface area contributed by atoms with Crippen molar-refractivity contribution >= 4 is 23.1 Å². The van der Waals surface area contributed by atoms with Gasteiger partial charge >= 0.3 is 5.97 Å². The predicted molar refractivity (Wildman–Crippen MR) is 76.2 cm³/mol. The van der Waals surface area contributed by atoms with Crippen LogP contribution < -0.4 is 4.74 Å². The van der Waals surface area contributed by atoms with Crippen LogP contribution in [0.5, 0.6) is 11.6 Å². The van der Waals surface area contributed by atoms with Crippen molar-refractivity contribution in [3.8, 4) is 11.6 Å². The van der Waals surface area contributed by atoms with Gasteiger partial charge in [0.1, 0.15) is 11.3 Å². The maximum atomic E-state index is 11.3. The number of ether oxygens (including phenoxy) is 2. The van der Waals surface area contributed by atoms with Crippen molar-refractivity contribution in [2.75, 3.05) is 7.11 Å². The molecule has 7 heteroatoms. The molecule has 0 saturated heterocycles. The van der Waals surface area contributed by atoms with Crippen molar-refractivity contribution in [3.05, 3.63) is 53.6 Å². The van der Waals surface area contributed by atoms with Crippen molar-refractivity contribution in [1.29, 1.82) is 0 Å².